The number of hydrogen-bond acceptors (Lipinski definition) is 6. The molecular weight excluding hydrogens is 270 g/mol. The van der Waals surface area contributed by atoms with Crippen molar-refractivity contribution in [3.63, 3.8) is 0 Å². The average Bonchev–Trinajstić information content (AvgIpc) is 2.52. The Morgan fingerprint density at radius 2 is 2.00 bits per heavy atom. The molecule has 1 aliphatic carbocycles. The molecule has 2 atom stereocenters. The highest BCUT2D eigenvalue weighted by Crippen LogP contribution is 2.33. The van der Waals surface area contributed by atoms with Crippen LogP contribution in [0.4, 0.5) is 0 Å². The van der Waals surface area contributed by atoms with E-state index in [1.165, 1.54) is 12.7 Å². The predicted molar refractivity (Wildman–Crippen MR) is 79.4 cm³/mol. The highest BCUT2D eigenvalue weighted by molar-refractivity contribution is 5.34. The summed E-state index contributed by atoms with van der Waals surface area (Å²) in [4.78, 5) is 8.23. The Morgan fingerprint density at radius 3 is 2.52 bits per heavy atom. The van der Waals surface area contributed by atoms with Gasteiger partial charge in [0.2, 0.25) is 11.8 Å². The lowest BCUT2D eigenvalue weighted by molar-refractivity contribution is 0.0976. The molecule has 1 aromatic heterocycles. The molecule has 0 aromatic carbocycles. The van der Waals surface area contributed by atoms with Gasteiger partial charge in [-0.25, -0.2) is 9.97 Å². The highest BCUT2D eigenvalue weighted by atomic mass is 16.5. The molecular formula is C15H25N3O3. The van der Waals surface area contributed by atoms with Crippen molar-refractivity contribution in [2.75, 3.05) is 20.8 Å². The molecule has 21 heavy (non-hydrogen) atoms. The van der Waals surface area contributed by atoms with Gasteiger partial charge in [-0.1, -0.05) is 19.8 Å². The van der Waals surface area contributed by atoms with Crippen molar-refractivity contribution in [1.29, 1.82) is 0 Å². The third-order valence-corrected chi connectivity index (χ3v) is 4.29. The van der Waals surface area contributed by atoms with Crippen LogP contribution in [0.15, 0.2) is 6.33 Å². The van der Waals surface area contributed by atoms with Gasteiger partial charge in [0.1, 0.15) is 6.33 Å². The second-order valence-electron chi connectivity index (χ2n) is 5.86. The summed E-state index contributed by atoms with van der Waals surface area (Å²) < 4.78 is 10.6. The van der Waals surface area contributed by atoms with E-state index in [1.54, 1.807) is 14.2 Å². The minimum absolute atomic E-state index is 0.135. The van der Waals surface area contributed by atoms with Gasteiger partial charge in [-0.2, -0.15) is 0 Å². The number of ether oxygens (including phenoxy) is 2. The zero-order valence-corrected chi connectivity index (χ0v) is 13.1. The molecule has 6 nitrogen and oxygen atoms in total. The number of aromatic nitrogens is 2. The molecule has 0 bridgehead atoms. The normalized spacial score (nSPS) is 25.6. The van der Waals surface area contributed by atoms with E-state index >= 15 is 0 Å². The van der Waals surface area contributed by atoms with E-state index in [0.29, 0.717) is 24.2 Å². The third kappa shape index (κ3) is 3.63. The summed E-state index contributed by atoms with van der Waals surface area (Å²) in [7, 11) is 3.16. The molecule has 0 radical (unpaired) electrons. The van der Waals surface area contributed by atoms with E-state index in [-0.39, 0.29) is 12.1 Å². The number of methoxy groups -OCH3 is 2. The molecule has 0 aliphatic heterocycles. The molecule has 1 aromatic rings. The first kappa shape index (κ1) is 16.0. The summed E-state index contributed by atoms with van der Waals surface area (Å²) >= 11 is 0. The summed E-state index contributed by atoms with van der Waals surface area (Å²) in [6, 6.07) is 0. The molecule has 1 aliphatic rings. The fourth-order valence-electron chi connectivity index (χ4n) is 3.18. The van der Waals surface area contributed by atoms with Gasteiger partial charge < -0.3 is 19.9 Å². The van der Waals surface area contributed by atoms with Crippen LogP contribution < -0.4 is 14.8 Å². The Morgan fingerprint density at radius 1 is 1.33 bits per heavy atom. The van der Waals surface area contributed by atoms with Gasteiger partial charge in [-0.15, -0.1) is 0 Å². The number of hydrogen-bond donors (Lipinski definition) is 2. The maximum atomic E-state index is 9.83. The summed E-state index contributed by atoms with van der Waals surface area (Å²) in [5.41, 5.74) is 0.553. The second kappa shape index (κ2) is 7.04. The molecule has 0 amide bonds. The van der Waals surface area contributed by atoms with Crippen molar-refractivity contribution in [2.45, 2.75) is 44.7 Å². The zero-order chi connectivity index (χ0) is 15.3. The van der Waals surface area contributed by atoms with Crippen molar-refractivity contribution in [3.8, 4) is 11.8 Å². The summed E-state index contributed by atoms with van der Waals surface area (Å²) in [5.74, 6) is 1.63. The molecule has 2 rings (SSSR count). The van der Waals surface area contributed by atoms with Crippen LogP contribution in [-0.2, 0) is 6.54 Å². The Labute approximate surface area is 125 Å². The fourth-order valence-corrected chi connectivity index (χ4v) is 3.18. The van der Waals surface area contributed by atoms with Crippen molar-refractivity contribution in [3.05, 3.63) is 11.9 Å². The van der Waals surface area contributed by atoms with Crippen molar-refractivity contribution in [1.82, 2.24) is 15.3 Å². The second-order valence-corrected chi connectivity index (χ2v) is 5.86. The van der Waals surface area contributed by atoms with Gasteiger partial charge in [0.15, 0.2) is 0 Å². The zero-order valence-electron chi connectivity index (χ0n) is 13.1. The predicted octanol–water partition coefficient (Wildman–Crippen LogP) is 1.52. The van der Waals surface area contributed by atoms with E-state index in [2.05, 4.69) is 22.2 Å². The van der Waals surface area contributed by atoms with Crippen LogP contribution in [0.3, 0.4) is 0 Å². The van der Waals surface area contributed by atoms with Gasteiger partial charge >= 0.3 is 0 Å². The van der Waals surface area contributed by atoms with E-state index in [0.717, 1.165) is 24.8 Å². The largest absolute Gasteiger partial charge is 0.481 e. The SMILES string of the molecule is COc1ncnc(OC)c1CNC1(CO)CCCC(C)C1. The van der Waals surface area contributed by atoms with Crippen LogP contribution in [0.5, 0.6) is 11.8 Å². The van der Waals surface area contributed by atoms with Crippen LogP contribution in [0.1, 0.15) is 38.2 Å². The van der Waals surface area contributed by atoms with E-state index in [1.807, 2.05) is 0 Å². The van der Waals surface area contributed by atoms with Gasteiger partial charge in [-0.3, -0.25) is 0 Å². The van der Waals surface area contributed by atoms with Gasteiger partial charge in [0, 0.05) is 12.1 Å². The first-order valence-corrected chi connectivity index (χ1v) is 7.42. The highest BCUT2D eigenvalue weighted by Gasteiger charge is 2.34. The third-order valence-electron chi connectivity index (χ3n) is 4.29. The molecule has 1 heterocycles. The van der Waals surface area contributed by atoms with E-state index in [9.17, 15) is 5.11 Å². The van der Waals surface area contributed by atoms with Gasteiger partial charge in [0.25, 0.3) is 0 Å². The fraction of sp³-hybridized carbons (Fsp3) is 0.733. The standard InChI is InChI=1S/C15H25N3O3/c1-11-5-4-6-15(7-11,9-19)18-8-12-13(20-2)16-10-17-14(12)21-3/h10-11,18-19H,4-9H2,1-3H3. The molecule has 118 valence electrons. The first-order chi connectivity index (χ1) is 10.1. The molecule has 1 saturated carbocycles. The first-order valence-electron chi connectivity index (χ1n) is 7.42. The van der Waals surface area contributed by atoms with Crippen molar-refractivity contribution in [2.24, 2.45) is 5.92 Å². The number of nitrogens with one attached hydrogen (secondary N) is 1. The van der Waals surface area contributed by atoms with Crippen molar-refractivity contribution >= 4 is 0 Å². The maximum absolute atomic E-state index is 9.83. The van der Waals surface area contributed by atoms with E-state index < -0.39 is 0 Å². The van der Waals surface area contributed by atoms with Crippen molar-refractivity contribution < 1.29 is 14.6 Å². The molecule has 2 unspecified atom stereocenters. The van der Waals surface area contributed by atoms with Crippen LogP contribution in [0.25, 0.3) is 0 Å². The smallest absolute Gasteiger partial charge is 0.224 e. The Balaban J connectivity index is 2.14. The Bertz CT molecular complexity index is 447. The Kier molecular flexibility index (Phi) is 5.36. The lowest BCUT2D eigenvalue weighted by Gasteiger charge is -2.39. The molecule has 2 N–H and O–H groups in total. The van der Waals surface area contributed by atoms with Crippen LogP contribution >= 0.6 is 0 Å². The molecule has 1 fully saturated rings. The molecule has 0 saturated heterocycles. The van der Waals surface area contributed by atoms with Gasteiger partial charge in [0.05, 0.1) is 26.4 Å². The van der Waals surface area contributed by atoms with Crippen LogP contribution in [0, 0.1) is 5.92 Å². The monoisotopic (exact) mass is 295 g/mol. The Hall–Kier alpha value is -1.40. The molecule has 0 spiro atoms. The molecule has 6 heteroatoms. The summed E-state index contributed by atoms with van der Waals surface area (Å²) in [6.45, 7) is 2.88. The minimum Gasteiger partial charge on any atom is -0.481 e. The summed E-state index contributed by atoms with van der Waals surface area (Å²) in [6.07, 6.45) is 5.73. The van der Waals surface area contributed by atoms with Gasteiger partial charge in [-0.05, 0) is 18.8 Å². The van der Waals surface area contributed by atoms with Crippen LogP contribution in [0.2, 0.25) is 0 Å². The number of nitrogens with zero attached hydrogens (tertiary/aromatic N) is 2. The lowest BCUT2D eigenvalue weighted by atomic mass is 9.77. The summed E-state index contributed by atoms with van der Waals surface area (Å²) in [5, 5.41) is 13.3. The average molecular weight is 295 g/mol. The maximum Gasteiger partial charge on any atom is 0.224 e. The quantitative estimate of drug-likeness (QED) is 0.829. The number of rotatable bonds is 6. The van der Waals surface area contributed by atoms with E-state index in [4.69, 9.17) is 9.47 Å². The topological polar surface area (TPSA) is 76.5 Å². The number of aliphatic hydroxyl groups excluding tert-OH is 1. The van der Waals surface area contributed by atoms with Crippen LogP contribution in [-0.4, -0.2) is 41.4 Å². The minimum atomic E-state index is -0.233. The lowest BCUT2D eigenvalue weighted by Crippen LogP contribution is -2.51. The number of aliphatic hydroxyl groups is 1.